The fourth-order valence-electron chi connectivity index (χ4n) is 1.66. The van der Waals surface area contributed by atoms with Crippen molar-refractivity contribution < 1.29 is 14.4 Å². The van der Waals surface area contributed by atoms with Crippen molar-refractivity contribution in [3.05, 3.63) is 0 Å². The van der Waals surface area contributed by atoms with Crippen LogP contribution in [-0.4, -0.2) is 41.3 Å². The molecule has 1 atom stereocenters. The number of thioether (sulfide) groups is 1. The maximum atomic E-state index is 12.0. The minimum atomic E-state index is -1.16. The third-order valence-electron chi connectivity index (χ3n) is 2.76. The summed E-state index contributed by atoms with van der Waals surface area (Å²) >= 11 is 1.66. The Kier molecular flexibility index (Phi) is 4.19. The largest absolute Gasteiger partial charge is 0.330 e. The zero-order valence-corrected chi connectivity index (χ0v) is 11.4. The van der Waals surface area contributed by atoms with Crippen LogP contribution in [0.25, 0.3) is 0 Å². The van der Waals surface area contributed by atoms with Gasteiger partial charge in [0.15, 0.2) is 0 Å². The zero-order chi connectivity index (χ0) is 13.2. The van der Waals surface area contributed by atoms with Gasteiger partial charge in [-0.3, -0.25) is 19.8 Å². The topological polar surface area (TPSA) is 66.5 Å². The third-order valence-corrected chi connectivity index (χ3v) is 3.66. The van der Waals surface area contributed by atoms with Crippen LogP contribution in [0.15, 0.2) is 0 Å². The Balaban J connectivity index is 2.81. The number of urea groups is 1. The summed E-state index contributed by atoms with van der Waals surface area (Å²) in [5, 5.41) is 2.22. The summed E-state index contributed by atoms with van der Waals surface area (Å²) in [6.07, 6.45) is 1.97. The summed E-state index contributed by atoms with van der Waals surface area (Å²) in [7, 11) is 0. The second kappa shape index (κ2) is 5.08. The Labute approximate surface area is 105 Å². The molecule has 17 heavy (non-hydrogen) atoms. The van der Waals surface area contributed by atoms with E-state index in [0.717, 1.165) is 10.7 Å². The number of amides is 4. The smallest absolute Gasteiger partial charge is 0.277 e. The normalized spacial score (nSPS) is 21.4. The van der Waals surface area contributed by atoms with Gasteiger partial charge in [0, 0.05) is 6.54 Å². The fraction of sp³-hybridized carbons (Fsp3) is 0.727. The predicted molar refractivity (Wildman–Crippen MR) is 66.6 cm³/mol. The lowest BCUT2D eigenvalue weighted by Crippen LogP contribution is -2.62. The first-order valence-corrected chi connectivity index (χ1v) is 6.86. The molecule has 0 aliphatic carbocycles. The number of imide groups is 2. The van der Waals surface area contributed by atoms with Crippen molar-refractivity contribution >= 4 is 29.6 Å². The van der Waals surface area contributed by atoms with Crippen LogP contribution in [0.3, 0.4) is 0 Å². The number of hydrogen-bond acceptors (Lipinski definition) is 4. The van der Waals surface area contributed by atoms with Gasteiger partial charge in [-0.15, -0.1) is 0 Å². The summed E-state index contributed by atoms with van der Waals surface area (Å²) in [5.41, 5.74) is -1.16. The highest BCUT2D eigenvalue weighted by Gasteiger charge is 2.47. The molecule has 96 valence electrons. The fourth-order valence-corrected chi connectivity index (χ4v) is 2.34. The van der Waals surface area contributed by atoms with Crippen LogP contribution in [0.1, 0.15) is 20.8 Å². The molecule has 1 aliphatic heterocycles. The van der Waals surface area contributed by atoms with Crippen molar-refractivity contribution in [3.63, 3.8) is 0 Å². The molecule has 1 heterocycles. The van der Waals surface area contributed by atoms with Gasteiger partial charge >= 0.3 is 6.03 Å². The highest BCUT2D eigenvalue weighted by atomic mass is 32.2. The van der Waals surface area contributed by atoms with Crippen molar-refractivity contribution in [2.24, 2.45) is 11.3 Å². The van der Waals surface area contributed by atoms with E-state index in [1.54, 1.807) is 11.8 Å². The van der Waals surface area contributed by atoms with E-state index < -0.39 is 23.3 Å². The highest BCUT2D eigenvalue weighted by molar-refractivity contribution is 7.98. The van der Waals surface area contributed by atoms with Gasteiger partial charge in [-0.2, -0.15) is 11.8 Å². The molecule has 0 radical (unpaired) electrons. The van der Waals surface area contributed by atoms with Gasteiger partial charge in [-0.05, 0) is 31.8 Å². The third kappa shape index (κ3) is 2.80. The molecule has 6 heteroatoms. The van der Waals surface area contributed by atoms with E-state index in [9.17, 15) is 14.4 Å². The van der Waals surface area contributed by atoms with Crippen molar-refractivity contribution in [1.29, 1.82) is 0 Å². The van der Waals surface area contributed by atoms with Crippen molar-refractivity contribution in [3.8, 4) is 0 Å². The molecule has 1 aliphatic rings. The van der Waals surface area contributed by atoms with Gasteiger partial charge in [0.05, 0.1) is 0 Å². The van der Waals surface area contributed by atoms with Gasteiger partial charge in [0.1, 0.15) is 5.41 Å². The van der Waals surface area contributed by atoms with Crippen molar-refractivity contribution in [2.45, 2.75) is 20.8 Å². The predicted octanol–water partition coefficient (Wildman–Crippen LogP) is 1.09. The summed E-state index contributed by atoms with van der Waals surface area (Å²) in [4.78, 5) is 36.3. The van der Waals surface area contributed by atoms with E-state index in [2.05, 4.69) is 5.32 Å². The Morgan fingerprint density at radius 2 is 1.94 bits per heavy atom. The molecule has 0 aromatic carbocycles. The Bertz CT molecular complexity index is 355. The van der Waals surface area contributed by atoms with E-state index in [1.807, 2.05) is 13.2 Å². The van der Waals surface area contributed by atoms with Crippen LogP contribution in [0.4, 0.5) is 4.79 Å². The standard InChI is InChI=1S/C11H18N2O3S/c1-7(6-17-4)5-13-9(15)11(2,3)8(14)12-10(13)16/h7H,5-6H2,1-4H3,(H,12,14,16). The summed E-state index contributed by atoms with van der Waals surface area (Å²) < 4.78 is 0. The molecule has 0 bridgehead atoms. The van der Waals surface area contributed by atoms with Crippen molar-refractivity contribution in [2.75, 3.05) is 18.6 Å². The number of nitrogens with one attached hydrogen (secondary N) is 1. The second-order valence-corrected chi connectivity index (χ2v) is 5.77. The number of nitrogens with zero attached hydrogens (tertiary/aromatic N) is 1. The van der Waals surface area contributed by atoms with Gasteiger partial charge in [-0.1, -0.05) is 6.92 Å². The second-order valence-electron chi connectivity index (χ2n) is 4.86. The molecule has 5 nitrogen and oxygen atoms in total. The average molecular weight is 258 g/mol. The van der Waals surface area contributed by atoms with Gasteiger partial charge in [0.25, 0.3) is 0 Å². The van der Waals surface area contributed by atoms with E-state index in [-0.39, 0.29) is 5.92 Å². The zero-order valence-electron chi connectivity index (χ0n) is 10.6. The Morgan fingerprint density at radius 3 is 2.47 bits per heavy atom. The first-order valence-electron chi connectivity index (χ1n) is 5.47. The molecule has 1 rings (SSSR count). The number of carbonyl (C=O) groups is 3. The molecule has 1 fully saturated rings. The Hall–Kier alpha value is -1.04. The van der Waals surface area contributed by atoms with Crippen LogP contribution in [0.5, 0.6) is 0 Å². The SMILES string of the molecule is CSCC(C)CN1C(=O)NC(=O)C(C)(C)C1=O. The molecule has 0 aromatic heterocycles. The van der Waals surface area contributed by atoms with Crippen LogP contribution in [0.2, 0.25) is 0 Å². The van der Waals surface area contributed by atoms with E-state index in [1.165, 1.54) is 13.8 Å². The molecule has 1 saturated heterocycles. The molecular weight excluding hydrogens is 240 g/mol. The van der Waals surface area contributed by atoms with Crippen LogP contribution < -0.4 is 5.32 Å². The minimum Gasteiger partial charge on any atom is -0.277 e. The summed E-state index contributed by atoms with van der Waals surface area (Å²) in [5.74, 6) is 0.134. The lowest BCUT2D eigenvalue weighted by atomic mass is 9.88. The summed E-state index contributed by atoms with van der Waals surface area (Å²) in [6.45, 7) is 5.38. The highest BCUT2D eigenvalue weighted by Crippen LogP contribution is 2.24. The molecular formula is C11H18N2O3S. The van der Waals surface area contributed by atoms with Gasteiger partial charge in [0.2, 0.25) is 11.8 Å². The lowest BCUT2D eigenvalue weighted by Gasteiger charge is -2.35. The van der Waals surface area contributed by atoms with Crippen molar-refractivity contribution in [1.82, 2.24) is 10.2 Å². The van der Waals surface area contributed by atoms with Gasteiger partial charge < -0.3 is 0 Å². The molecule has 1 N–H and O–H groups in total. The maximum Gasteiger partial charge on any atom is 0.330 e. The van der Waals surface area contributed by atoms with E-state index in [0.29, 0.717) is 6.54 Å². The number of barbiturate groups is 1. The number of rotatable bonds is 4. The first kappa shape index (κ1) is 14.0. The lowest BCUT2D eigenvalue weighted by molar-refractivity contribution is -0.149. The molecule has 1 unspecified atom stereocenters. The van der Waals surface area contributed by atoms with Crippen LogP contribution in [0, 0.1) is 11.3 Å². The first-order chi connectivity index (χ1) is 7.80. The van der Waals surface area contributed by atoms with Gasteiger partial charge in [-0.25, -0.2) is 4.79 Å². The average Bonchev–Trinajstić information content (AvgIpc) is 2.23. The van der Waals surface area contributed by atoms with Crippen LogP contribution >= 0.6 is 11.8 Å². The molecule has 4 amide bonds. The van der Waals surface area contributed by atoms with E-state index >= 15 is 0 Å². The summed E-state index contributed by atoms with van der Waals surface area (Å²) in [6, 6.07) is -0.604. The minimum absolute atomic E-state index is 0.212. The quantitative estimate of drug-likeness (QED) is 0.767. The van der Waals surface area contributed by atoms with E-state index in [4.69, 9.17) is 0 Å². The monoisotopic (exact) mass is 258 g/mol. The Morgan fingerprint density at radius 1 is 1.35 bits per heavy atom. The van der Waals surface area contributed by atoms with Crippen LogP contribution in [-0.2, 0) is 9.59 Å². The maximum absolute atomic E-state index is 12.0. The number of hydrogen-bond donors (Lipinski definition) is 1. The molecule has 0 aromatic rings. The molecule has 0 saturated carbocycles. The molecule has 0 spiro atoms. The number of carbonyl (C=O) groups excluding carboxylic acids is 3.